The molecular weight excluding hydrogens is 380 g/mol. The molecule has 0 aliphatic carbocycles. The molecule has 0 radical (unpaired) electrons. The quantitative estimate of drug-likeness (QED) is 0.547. The summed E-state index contributed by atoms with van der Waals surface area (Å²) in [4.78, 5) is 0. The molecule has 160 valence electrons. The number of aliphatic hydroxyl groups is 2. The Morgan fingerprint density at radius 1 is 0.759 bits per heavy atom. The number of hydrogen-bond acceptors (Lipinski definition) is 8. The molecule has 2 aromatic carbocycles. The highest BCUT2D eigenvalue weighted by atomic mass is 16.7. The van der Waals surface area contributed by atoms with Crippen LogP contribution in [0.5, 0.6) is 28.7 Å². The molecule has 2 rings (SSSR count). The van der Waals surface area contributed by atoms with Crippen LogP contribution in [0.2, 0.25) is 0 Å². The van der Waals surface area contributed by atoms with E-state index in [1.54, 1.807) is 30.3 Å². The summed E-state index contributed by atoms with van der Waals surface area (Å²) in [6.45, 7) is 0.0116. The predicted octanol–water partition coefficient (Wildman–Crippen LogP) is 2.34. The zero-order valence-electron chi connectivity index (χ0n) is 17.3. The van der Waals surface area contributed by atoms with Gasteiger partial charge in [0, 0.05) is 31.2 Å². The van der Waals surface area contributed by atoms with E-state index in [0.29, 0.717) is 39.9 Å². The molecule has 2 atom stereocenters. The second kappa shape index (κ2) is 10.8. The SMILES string of the molecule is COCOc1cc(OC)cc(OC)c1C[C@H](O)[C@@H](O)c1ccc(OC)c(OC)c1. The summed E-state index contributed by atoms with van der Waals surface area (Å²) >= 11 is 0. The molecule has 8 nitrogen and oxygen atoms in total. The second-order valence-corrected chi connectivity index (χ2v) is 6.19. The van der Waals surface area contributed by atoms with Crippen LogP contribution in [0.4, 0.5) is 0 Å². The number of methoxy groups -OCH3 is 5. The van der Waals surface area contributed by atoms with Crippen molar-refractivity contribution >= 4 is 0 Å². The van der Waals surface area contributed by atoms with Crippen LogP contribution < -0.4 is 23.7 Å². The van der Waals surface area contributed by atoms with E-state index in [1.165, 1.54) is 35.5 Å². The minimum absolute atomic E-state index is 0.0116. The number of hydrogen-bond donors (Lipinski definition) is 2. The number of aliphatic hydroxyl groups excluding tert-OH is 2. The molecule has 8 heteroatoms. The summed E-state index contributed by atoms with van der Waals surface area (Å²) in [5, 5.41) is 21.4. The zero-order valence-corrected chi connectivity index (χ0v) is 17.3. The molecule has 0 amide bonds. The van der Waals surface area contributed by atoms with Gasteiger partial charge in [0.05, 0.1) is 34.5 Å². The fraction of sp³-hybridized carbons (Fsp3) is 0.429. The van der Waals surface area contributed by atoms with Crippen LogP contribution in [0, 0.1) is 0 Å². The highest BCUT2D eigenvalue weighted by Crippen LogP contribution is 2.37. The molecule has 2 aromatic rings. The Labute approximate surface area is 170 Å². The first kappa shape index (κ1) is 22.6. The average Bonchev–Trinajstić information content (AvgIpc) is 2.76. The van der Waals surface area contributed by atoms with E-state index in [2.05, 4.69) is 0 Å². The van der Waals surface area contributed by atoms with Crippen molar-refractivity contribution in [2.24, 2.45) is 0 Å². The van der Waals surface area contributed by atoms with Crippen LogP contribution in [0.25, 0.3) is 0 Å². The molecule has 0 saturated carbocycles. The van der Waals surface area contributed by atoms with E-state index in [1.807, 2.05) is 0 Å². The van der Waals surface area contributed by atoms with E-state index >= 15 is 0 Å². The van der Waals surface area contributed by atoms with Gasteiger partial charge in [0.25, 0.3) is 0 Å². The third-order valence-corrected chi connectivity index (χ3v) is 4.46. The normalized spacial score (nSPS) is 12.8. The monoisotopic (exact) mass is 408 g/mol. The molecule has 0 aliphatic rings. The molecule has 0 heterocycles. The summed E-state index contributed by atoms with van der Waals surface area (Å²) in [5.74, 6) is 2.43. The van der Waals surface area contributed by atoms with Crippen molar-refractivity contribution in [3.8, 4) is 28.7 Å². The van der Waals surface area contributed by atoms with E-state index in [0.717, 1.165) is 0 Å². The Morgan fingerprint density at radius 2 is 1.41 bits per heavy atom. The zero-order chi connectivity index (χ0) is 21.4. The Hall–Kier alpha value is -2.68. The highest BCUT2D eigenvalue weighted by molar-refractivity contribution is 5.51. The summed E-state index contributed by atoms with van der Waals surface area (Å²) in [7, 11) is 7.58. The molecule has 0 unspecified atom stereocenters. The van der Waals surface area contributed by atoms with Crippen molar-refractivity contribution in [3.63, 3.8) is 0 Å². The standard InChI is InChI=1S/C21H28O8/c1-24-12-29-19-10-14(25-2)9-18(27-4)15(19)11-16(22)21(23)13-6-7-17(26-3)20(8-13)28-5/h6-10,16,21-23H,11-12H2,1-5H3/t16-,21-/m0/s1. The van der Waals surface area contributed by atoms with Gasteiger partial charge in [0.1, 0.15) is 23.4 Å². The maximum absolute atomic E-state index is 10.7. The molecule has 0 bridgehead atoms. The third-order valence-electron chi connectivity index (χ3n) is 4.46. The maximum atomic E-state index is 10.7. The van der Waals surface area contributed by atoms with Crippen LogP contribution >= 0.6 is 0 Å². The molecular formula is C21H28O8. The van der Waals surface area contributed by atoms with Crippen molar-refractivity contribution in [2.75, 3.05) is 42.3 Å². The number of rotatable bonds is 11. The lowest BCUT2D eigenvalue weighted by Crippen LogP contribution is -2.22. The fourth-order valence-electron chi connectivity index (χ4n) is 2.93. The van der Waals surface area contributed by atoms with Gasteiger partial charge in [-0.25, -0.2) is 0 Å². The first-order chi connectivity index (χ1) is 14.0. The van der Waals surface area contributed by atoms with Crippen molar-refractivity contribution in [2.45, 2.75) is 18.6 Å². The molecule has 0 aromatic heterocycles. The Morgan fingerprint density at radius 3 is 2.00 bits per heavy atom. The number of benzene rings is 2. The number of ether oxygens (including phenoxy) is 6. The average molecular weight is 408 g/mol. The molecule has 0 spiro atoms. The van der Waals surface area contributed by atoms with Gasteiger partial charge >= 0.3 is 0 Å². The van der Waals surface area contributed by atoms with Gasteiger partial charge in [-0.1, -0.05) is 6.07 Å². The van der Waals surface area contributed by atoms with Crippen molar-refractivity contribution in [1.82, 2.24) is 0 Å². The topological polar surface area (TPSA) is 95.8 Å². The molecule has 0 aliphatic heterocycles. The maximum Gasteiger partial charge on any atom is 0.188 e. The van der Waals surface area contributed by atoms with Gasteiger partial charge in [-0.05, 0) is 17.7 Å². The first-order valence-electron chi connectivity index (χ1n) is 8.93. The third kappa shape index (κ3) is 5.44. The molecule has 2 N–H and O–H groups in total. The molecule has 0 fully saturated rings. The van der Waals surface area contributed by atoms with E-state index < -0.39 is 12.2 Å². The minimum atomic E-state index is -1.17. The largest absolute Gasteiger partial charge is 0.496 e. The Kier molecular flexibility index (Phi) is 8.38. The summed E-state index contributed by atoms with van der Waals surface area (Å²) in [6.07, 6.45) is -2.24. The van der Waals surface area contributed by atoms with Crippen LogP contribution in [-0.4, -0.2) is 58.7 Å². The van der Waals surface area contributed by atoms with Gasteiger partial charge in [0.2, 0.25) is 0 Å². The molecule has 29 heavy (non-hydrogen) atoms. The van der Waals surface area contributed by atoms with Gasteiger partial charge < -0.3 is 38.6 Å². The second-order valence-electron chi connectivity index (χ2n) is 6.19. The van der Waals surface area contributed by atoms with Crippen LogP contribution in [-0.2, 0) is 11.2 Å². The van der Waals surface area contributed by atoms with Gasteiger partial charge in [-0.2, -0.15) is 0 Å². The lowest BCUT2D eigenvalue weighted by atomic mass is 9.97. The van der Waals surface area contributed by atoms with E-state index in [4.69, 9.17) is 28.4 Å². The summed E-state index contributed by atoms with van der Waals surface area (Å²) in [6, 6.07) is 8.32. The van der Waals surface area contributed by atoms with E-state index in [9.17, 15) is 10.2 Å². The fourth-order valence-corrected chi connectivity index (χ4v) is 2.93. The van der Waals surface area contributed by atoms with Gasteiger partial charge in [-0.15, -0.1) is 0 Å². The van der Waals surface area contributed by atoms with Crippen molar-refractivity contribution < 1.29 is 38.6 Å². The molecule has 0 saturated heterocycles. The lowest BCUT2D eigenvalue weighted by molar-refractivity contribution is 0.0166. The van der Waals surface area contributed by atoms with Crippen molar-refractivity contribution in [1.29, 1.82) is 0 Å². The first-order valence-corrected chi connectivity index (χ1v) is 8.93. The van der Waals surface area contributed by atoms with Gasteiger partial charge in [0.15, 0.2) is 18.3 Å². The smallest absolute Gasteiger partial charge is 0.188 e. The summed E-state index contributed by atoms with van der Waals surface area (Å²) < 4.78 is 31.8. The Bertz CT molecular complexity index is 792. The van der Waals surface area contributed by atoms with Crippen LogP contribution in [0.15, 0.2) is 30.3 Å². The lowest BCUT2D eigenvalue weighted by Gasteiger charge is -2.22. The summed E-state index contributed by atoms with van der Waals surface area (Å²) in [5.41, 5.74) is 1.07. The predicted molar refractivity (Wildman–Crippen MR) is 106 cm³/mol. The van der Waals surface area contributed by atoms with Crippen LogP contribution in [0.3, 0.4) is 0 Å². The Balaban J connectivity index is 2.32. The van der Waals surface area contributed by atoms with E-state index in [-0.39, 0.29) is 13.2 Å². The van der Waals surface area contributed by atoms with Crippen molar-refractivity contribution in [3.05, 3.63) is 41.5 Å². The highest BCUT2D eigenvalue weighted by Gasteiger charge is 2.24. The van der Waals surface area contributed by atoms with Gasteiger partial charge in [-0.3, -0.25) is 0 Å². The minimum Gasteiger partial charge on any atom is -0.496 e. The van der Waals surface area contributed by atoms with Crippen LogP contribution in [0.1, 0.15) is 17.2 Å².